The van der Waals surface area contributed by atoms with Crippen molar-refractivity contribution in [2.75, 3.05) is 33.4 Å². The molecule has 1 atom stereocenters. The number of ether oxygens (including phenoxy) is 1. The van der Waals surface area contributed by atoms with E-state index in [1.54, 1.807) is 7.11 Å². The number of nitrogens with one attached hydrogen (secondary N) is 1. The Bertz CT molecular complexity index is 232. The first kappa shape index (κ1) is 14.4. The Hall–Kier alpha value is -0.650. The molecule has 0 amide bonds. The number of carboxylic acids is 1. The van der Waals surface area contributed by atoms with Crippen molar-refractivity contribution in [2.45, 2.75) is 38.3 Å². The zero-order valence-electron chi connectivity index (χ0n) is 10.8. The van der Waals surface area contributed by atoms with Crippen molar-refractivity contribution in [3.05, 3.63) is 0 Å². The molecule has 0 heterocycles. The molecule has 0 radical (unpaired) electrons. The highest BCUT2D eigenvalue weighted by Crippen LogP contribution is 2.26. The Morgan fingerprint density at radius 2 is 2.24 bits per heavy atom. The fraction of sp³-hybridized carbons (Fsp3) is 0.917. The van der Waals surface area contributed by atoms with E-state index in [2.05, 4.69) is 10.2 Å². The lowest BCUT2D eigenvalue weighted by molar-refractivity contribution is -0.139. The Morgan fingerprint density at radius 1 is 1.53 bits per heavy atom. The van der Waals surface area contributed by atoms with E-state index in [0.717, 1.165) is 19.7 Å². The van der Waals surface area contributed by atoms with Gasteiger partial charge in [-0.25, -0.2) is 0 Å². The van der Waals surface area contributed by atoms with Crippen molar-refractivity contribution in [2.24, 2.45) is 0 Å². The maximum absolute atomic E-state index is 11.0. The quantitative estimate of drug-likeness (QED) is 0.587. The highest BCUT2D eigenvalue weighted by Gasteiger charge is 2.29. The first-order valence-electron chi connectivity index (χ1n) is 6.38. The van der Waals surface area contributed by atoms with E-state index in [1.165, 1.54) is 12.8 Å². The van der Waals surface area contributed by atoms with Gasteiger partial charge in [-0.2, -0.15) is 0 Å². The SMILES string of the molecule is CCNC(CCN(CCOC)C1CC1)C(=O)O. The first-order valence-corrected chi connectivity index (χ1v) is 6.38. The minimum Gasteiger partial charge on any atom is -0.480 e. The molecule has 17 heavy (non-hydrogen) atoms. The molecule has 0 aromatic heterocycles. The van der Waals surface area contributed by atoms with Crippen molar-refractivity contribution < 1.29 is 14.6 Å². The van der Waals surface area contributed by atoms with E-state index < -0.39 is 12.0 Å². The molecule has 1 rings (SSSR count). The number of carboxylic acid groups (broad SMARTS) is 1. The molecule has 1 fully saturated rings. The van der Waals surface area contributed by atoms with Gasteiger partial charge in [-0.15, -0.1) is 0 Å². The lowest BCUT2D eigenvalue weighted by Gasteiger charge is -2.23. The third kappa shape index (κ3) is 5.48. The van der Waals surface area contributed by atoms with E-state index in [9.17, 15) is 4.79 Å². The Balaban J connectivity index is 2.30. The summed E-state index contributed by atoms with van der Waals surface area (Å²) in [6.45, 7) is 5.07. The van der Waals surface area contributed by atoms with Gasteiger partial charge in [0.15, 0.2) is 0 Å². The second kappa shape index (κ2) is 7.63. The van der Waals surface area contributed by atoms with E-state index in [1.807, 2.05) is 6.92 Å². The monoisotopic (exact) mass is 244 g/mol. The molecule has 1 aliphatic carbocycles. The number of hydrogen-bond acceptors (Lipinski definition) is 4. The van der Waals surface area contributed by atoms with Crippen LogP contribution in [0.1, 0.15) is 26.2 Å². The Morgan fingerprint density at radius 3 is 2.71 bits per heavy atom. The predicted octanol–water partition coefficient (Wildman–Crippen LogP) is 0.550. The molecule has 5 heteroatoms. The number of likely N-dealkylation sites (N-methyl/N-ethyl adjacent to an activating group) is 1. The molecule has 100 valence electrons. The molecule has 0 aliphatic heterocycles. The normalized spacial score (nSPS) is 17.4. The Kier molecular flexibility index (Phi) is 6.47. The lowest BCUT2D eigenvalue weighted by Crippen LogP contribution is -2.41. The van der Waals surface area contributed by atoms with Crippen LogP contribution in [0.5, 0.6) is 0 Å². The number of nitrogens with zero attached hydrogens (tertiary/aromatic N) is 1. The third-order valence-electron chi connectivity index (χ3n) is 3.10. The van der Waals surface area contributed by atoms with Crippen molar-refractivity contribution >= 4 is 5.97 Å². The molecule has 0 saturated heterocycles. The minimum atomic E-state index is -0.755. The number of hydrogen-bond donors (Lipinski definition) is 2. The van der Waals surface area contributed by atoms with Gasteiger partial charge in [-0.05, 0) is 25.8 Å². The summed E-state index contributed by atoms with van der Waals surface area (Å²) in [6, 6.07) is 0.227. The molecule has 0 aromatic rings. The van der Waals surface area contributed by atoms with E-state index in [-0.39, 0.29) is 0 Å². The average Bonchev–Trinajstić information content (AvgIpc) is 3.11. The molecule has 1 aliphatic rings. The zero-order chi connectivity index (χ0) is 12.7. The highest BCUT2D eigenvalue weighted by molar-refractivity contribution is 5.73. The fourth-order valence-corrected chi connectivity index (χ4v) is 1.98. The second-order valence-electron chi connectivity index (χ2n) is 4.50. The fourth-order valence-electron chi connectivity index (χ4n) is 1.98. The molecular weight excluding hydrogens is 220 g/mol. The predicted molar refractivity (Wildman–Crippen MR) is 66.2 cm³/mol. The summed E-state index contributed by atoms with van der Waals surface area (Å²) in [5.41, 5.74) is 0. The maximum Gasteiger partial charge on any atom is 0.320 e. The van der Waals surface area contributed by atoms with Crippen LogP contribution < -0.4 is 5.32 Å². The summed E-state index contributed by atoms with van der Waals surface area (Å²) >= 11 is 0. The first-order chi connectivity index (χ1) is 8.19. The van der Waals surface area contributed by atoms with Gasteiger partial charge < -0.3 is 15.2 Å². The van der Waals surface area contributed by atoms with Gasteiger partial charge in [-0.1, -0.05) is 6.92 Å². The number of carbonyl (C=O) groups is 1. The number of methoxy groups -OCH3 is 1. The van der Waals surface area contributed by atoms with E-state index in [0.29, 0.717) is 19.0 Å². The summed E-state index contributed by atoms with van der Waals surface area (Å²) < 4.78 is 5.08. The molecular formula is C12H24N2O3. The summed E-state index contributed by atoms with van der Waals surface area (Å²) in [5, 5.41) is 12.0. The molecule has 0 aromatic carbocycles. The van der Waals surface area contributed by atoms with Crippen LogP contribution in [0.4, 0.5) is 0 Å². The largest absolute Gasteiger partial charge is 0.480 e. The van der Waals surface area contributed by atoms with Crippen LogP contribution in [0.2, 0.25) is 0 Å². The average molecular weight is 244 g/mol. The van der Waals surface area contributed by atoms with Crippen LogP contribution in [0.3, 0.4) is 0 Å². The molecule has 1 saturated carbocycles. The standard InChI is InChI=1S/C12H24N2O3/c1-3-13-11(12(15)16)6-7-14(8-9-17-2)10-4-5-10/h10-11,13H,3-9H2,1-2H3,(H,15,16). The van der Waals surface area contributed by atoms with Crippen molar-refractivity contribution in [1.82, 2.24) is 10.2 Å². The van der Waals surface area contributed by atoms with Gasteiger partial charge >= 0.3 is 5.97 Å². The van der Waals surface area contributed by atoms with Gasteiger partial charge in [0.2, 0.25) is 0 Å². The summed E-state index contributed by atoms with van der Waals surface area (Å²) in [4.78, 5) is 13.3. The maximum atomic E-state index is 11.0. The van der Waals surface area contributed by atoms with Crippen molar-refractivity contribution in [3.63, 3.8) is 0 Å². The van der Waals surface area contributed by atoms with Crippen LogP contribution in [0.25, 0.3) is 0 Å². The second-order valence-corrected chi connectivity index (χ2v) is 4.50. The van der Waals surface area contributed by atoms with Gasteiger partial charge in [0.05, 0.1) is 6.61 Å². The van der Waals surface area contributed by atoms with Crippen molar-refractivity contribution in [3.8, 4) is 0 Å². The van der Waals surface area contributed by atoms with Crippen LogP contribution in [0.15, 0.2) is 0 Å². The Labute approximate surface area is 103 Å². The topological polar surface area (TPSA) is 61.8 Å². The van der Waals surface area contributed by atoms with Gasteiger partial charge in [0.25, 0.3) is 0 Å². The molecule has 0 bridgehead atoms. The van der Waals surface area contributed by atoms with Crippen LogP contribution in [-0.4, -0.2) is 61.4 Å². The number of rotatable bonds is 10. The molecule has 5 nitrogen and oxygen atoms in total. The minimum absolute atomic E-state index is 0.427. The summed E-state index contributed by atoms with van der Waals surface area (Å²) in [7, 11) is 1.70. The highest BCUT2D eigenvalue weighted by atomic mass is 16.5. The third-order valence-corrected chi connectivity index (χ3v) is 3.10. The van der Waals surface area contributed by atoms with Crippen LogP contribution in [0, 0.1) is 0 Å². The van der Waals surface area contributed by atoms with Crippen LogP contribution in [-0.2, 0) is 9.53 Å². The smallest absolute Gasteiger partial charge is 0.320 e. The lowest BCUT2D eigenvalue weighted by atomic mass is 10.2. The van der Waals surface area contributed by atoms with Crippen molar-refractivity contribution in [1.29, 1.82) is 0 Å². The van der Waals surface area contributed by atoms with Gasteiger partial charge in [0, 0.05) is 26.2 Å². The summed E-state index contributed by atoms with van der Waals surface area (Å²) in [5.74, 6) is -0.755. The van der Waals surface area contributed by atoms with Gasteiger partial charge in [-0.3, -0.25) is 9.69 Å². The molecule has 2 N–H and O–H groups in total. The van der Waals surface area contributed by atoms with Crippen LogP contribution >= 0.6 is 0 Å². The van der Waals surface area contributed by atoms with E-state index >= 15 is 0 Å². The van der Waals surface area contributed by atoms with E-state index in [4.69, 9.17) is 9.84 Å². The molecule has 0 spiro atoms. The zero-order valence-corrected chi connectivity index (χ0v) is 10.8. The van der Waals surface area contributed by atoms with Gasteiger partial charge in [0.1, 0.15) is 6.04 Å². The summed E-state index contributed by atoms with van der Waals surface area (Å²) in [6.07, 6.45) is 3.13. The number of aliphatic carboxylic acids is 1. The molecule has 1 unspecified atom stereocenters.